The minimum absolute atomic E-state index is 0.102. The van der Waals surface area contributed by atoms with E-state index in [1.807, 2.05) is 13.8 Å². The Labute approximate surface area is 186 Å². The monoisotopic (exact) mass is 448 g/mol. The summed E-state index contributed by atoms with van der Waals surface area (Å²) >= 11 is 0. The van der Waals surface area contributed by atoms with E-state index in [1.165, 1.54) is 6.08 Å². The first-order chi connectivity index (χ1) is 14.8. The molecule has 3 unspecified atom stereocenters. The Morgan fingerprint density at radius 3 is 2.50 bits per heavy atom. The van der Waals surface area contributed by atoms with Gasteiger partial charge in [0.25, 0.3) is 0 Å². The quantitative estimate of drug-likeness (QED) is 0.477. The first kappa shape index (κ1) is 22.0. The van der Waals surface area contributed by atoms with Crippen molar-refractivity contribution in [2.45, 2.75) is 89.1 Å². The van der Waals surface area contributed by atoms with Crippen molar-refractivity contribution in [3.63, 3.8) is 0 Å². The fourth-order valence-electron chi connectivity index (χ4n) is 8.46. The van der Waals surface area contributed by atoms with Gasteiger partial charge in [-0.1, -0.05) is 13.8 Å². The Bertz CT molecular complexity index is 958. The Morgan fingerprint density at radius 2 is 1.88 bits per heavy atom. The summed E-state index contributed by atoms with van der Waals surface area (Å²) in [7, 11) is 0. The summed E-state index contributed by atoms with van der Waals surface area (Å²) < 4.78 is 6.44. The Kier molecular flexibility index (Phi) is 4.28. The van der Waals surface area contributed by atoms with Crippen LogP contribution in [0.3, 0.4) is 0 Å². The average molecular weight is 449 g/mol. The van der Waals surface area contributed by atoms with Gasteiger partial charge in [-0.3, -0.25) is 14.4 Å². The zero-order valence-electron chi connectivity index (χ0n) is 18.8. The van der Waals surface area contributed by atoms with Crippen molar-refractivity contribution >= 4 is 17.7 Å². The predicted molar refractivity (Wildman–Crippen MR) is 111 cm³/mol. The normalized spacial score (nSPS) is 53.4. The van der Waals surface area contributed by atoms with Gasteiger partial charge in [0.05, 0.1) is 17.8 Å². The average Bonchev–Trinajstić information content (AvgIpc) is 3.38. The number of ketones is 1. The number of fused-ring (bicyclic) bond motifs is 3. The van der Waals surface area contributed by atoms with E-state index in [4.69, 9.17) is 4.74 Å². The molecule has 32 heavy (non-hydrogen) atoms. The minimum Gasteiger partial charge on any atom is -0.481 e. The highest BCUT2D eigenvalue weighted by molar-refractivity contribution is 5.92. The summed E-state index contributed by atoms with van der Waals surface area (Å²) in [5, 5.41) is 42.7. The molecule has 3 saturated carbocycles. The lowest BCUT2D eigenvalue weighted by Crippen LogP contribution is -2.70. The maximum absolute atomic E-state index is 12.8. The number of carbonyl (C=O) groups is 3. The van der Waals surface area contributed by atoms with E-state index in [1.54, 1.807) is 6.92 Å². The number of carboxylic acids is 2. The zero-order valence-corrected chi connectivity index (χ0v) is 18.8. The molecule has 0 radical (unpaired) electrons. The van der Waals surface area contributed by atoms with Crippen LogP contribution in [0.15, 0.2) is 11.6 Å². The second-order valence-corrected chi connectivity index (χ2v) is 11.5. The van der Waals surface area contributed by atoms with E-state index < -0.39 is 51.4 Å². The van der Waals surface area contributed by atoms with E-state index in [0.29, 0.717) is 37.7 Å². The summed E-state index contributed by atoms with van der Waals surface area (Å²) in [5.41, 5.74) is -4.57. The van der Waals surface area contributed by atoms with Crippen LogP contribution in [0.25, 0.3) is 0 Å². The third-order valence-corrected chi connectivity index (χ3v) is 10.4. The van der Waals surface area contributed by atoms with E-state index in [9.17, 15) is 34.8 Å². The molecule has 1 spiro atoms. The molecule has 8 heteroatoms. The van der Waals surface area contributed by atoms with Crippen LogP contribution in [0.5, 0.6) is 0 Å². The van der Waals surface area contributed by atoms with E-state index in [0.717, 1.165) is 0 Å². The van der Waals surface area contributed by atoms with Crippen LogP contribution in [-0.2, 0) is 19.1 Å². The van der Waals surface area contributed by atoms with Crippen molar-refractivity contribution in [2.24, 2.45) is 28.1 Å². The summed E-state index contributed by atoms with van der Waals surface area (Å²) in [6.45, 7) is 5.47. The Balaban J connectivity index is 1.67. The van der Waals surface area contributed by atoms with Crippen molar-refractivity contribution in [1.29, 1.82) is 0 Å². The van der Waals surface area contributed by atoms with Gasteiger partial charge in [-0.05, 0) is 56.6 Å². The second-order valence-electron chi connectivity index (χ2n) is 11.5. The van der Waals surface area contributed by atoms with E-state index in [-0.39, 0.29) is 30.6 Å². The number of epoxide rings is 1. The highest BCUT2D eigenvalue weighted by Gasteiger charge is 2.86. The Morgan fingerprint density at radius 1 is 1.19 bits per heavy atom. The first-order valence-corrected chi connectivity index (χ1v) is 11.6. The van der Waals surface area contributed by atoms with Crippen LogP contribution in [0.4, 0.5) is 0 Å². The summed E-state index contributed by atoms with van der Waals surface area (Å²) in [6.07, 6.45) is 1.98. The number of aliphatic hydroxyl groups excluding tert-OH is 1. The molecule has 9 atom stereocenters. The molecule has 4 N–H and O–H groups in total. The molecule has 4 aliphatic carbocycles. The fraction of sp³-hybridized carbons (Fsp3) is 0.792. The van der Waals surface area contributed by atoms with Crippen LogP contribution in [-0.4, -0.2) is 61.6 Å². The number of aliphatic carboxylic acids is 2. The van der Waals surface area contributed by atoms with Crippen molar-refractivity contribution in [3.05, 3.63) is 11.6 Å². The number of rotatable bonds is 4. The first-order valence-electron chi connectivity index (χ1n) is 11.6. The lowest BCUT2D eigenvalue weighted by atomic mass is 9.39. The van der Waals surface area contributed by atoms with Crippen LogP contribution >= 0.6 is 0 Å². The van der Waals surface area contributed by atoms with Crippen molar-refractivity contribution in [3.8, 4) is 0 Å². The highest BCUT2D eigenvalue weighted by Crippen LogP contribution is 2.79. The van der Waals surface area contributed by atoms with Gasteiger partial charge in [0, 0.05) is 29.6 Å². The molecule has 4 fully saturated rings. The van der Waals surface area contributed by atoms with Crippen molar-refractivity contribution < 1.29 is 39.5 Å². The van der Waals surface area contributed by atoms with Crippen LogP contribution < -0.4 is 0 Å². The van der Waals surface area contributed by atoms with Gasteiger partial charge < -0.3 is 25.2 Å². The predicted octanol–water partition coefficient (Wildman–Crippen LogP) is 1.92. The van der Waals surface area contributed by atoms with Gasteiger partial charge in [0.15, 0.2) is 5.78 Å². The molecule has 0 bridgehead atoms. The molecule has 0 aromatic heterocycles. The third-order valence-electron chi connectivity index (χ3n) is 10.4. The van der Waals surface area contributed by atoms with Gasteiger partial charge in [0.1, 0.15) is 11.0 Å². The molecular formula is C24H32O8. The standard InChI is InChI=1S/C24H32O8/c1-20-7-4-12(25)10-14(20)18(28)22(3,19(29)30)17-13-5-8-23(31,9-6-16(26)27)21(13,2)11-15-24(17,20)32-15/h10,13,15,17-18,28,31H,4-9,11H2,1-3H3,(H,26,27)(H,29,30)/t13-,15?,17+,18?,20-,21-,22?,23-,24+/m0/s1. The third kappa shape index (κ3) is 2.26. The van der Waals surface area contributed by atoms with Gasteiger partial charge in [-0.15, -0.1) is 0 Å². The zero-order chi connectivity index (χ0) is 23.5. The topological polar surface area (TPSA) is 145 Å². The van der Waals surface area contributed by atoms with Gasteiger partial charge >= 0.3 is 11.9 Å². The van der Waals surface area contributed by atoms with Crippen molar-refractivity contribution in [2.75, 3.05) is 0 Å². The molecule has 0 aromatic rings. The largest absolute Gasteiger partial charge is 0.481 e. The number of hydrogen-bond donors (Lipinski definition) is 4. The minimum atomic E-state index is -1.60. The molecule has 1 aliphatic heterocycles. The molecule has 1 heterocycles. The van der Waals surface area contributed by atoms with E-state index in [2.05, 4.69) is 0 Å². The molecule has 0 aromatic carbocycles. The smallest absolute Gasteiger partial charge is 0.312 e. The molecule has 8 nitrogen and oxygen atoms in total. The number of ether oxygens (including phenoxy) is 1. The number of aliphatic hydroxyl groups is 2. The molecular weight excluding hydrogens is 416 g/mol. The maximum atomic E-state index is 12.8. The van der Waals surface area contributed by atoms with E-state index >= 15 is 0 Å². The number of carboxylic acid groups (broad SMARTS) is 2. The highest BCUT2D eigenvalue weighted by atomic mass is 16.6. The number of hydrogen-bond acceptors (Lipinski definition) is 6. The molecule has 1 saturated heterocycles. The van der Waals surface area contributed by atoms with Crippen LogP contribution in [0, 0.1) is 28.1 Å². The van der Waals surface area contributed by atoms with Crippen LogP contribution in [0.1, 0.15) is 65.7 Å². The fourth-order valence-corrected chi connectivity index (χ4v) is 8.46. The lowest BCUT2D eigenvalue weighted by molar-refractivity contribution is -0.195. The maximum Gasteiger partial charge on any atom is 0.312 e. The van der Waals surface area contributed by atoms with Gasteiger partial charge in [0.2, 0.25) is 0 Å². The molecule has 5 aliphatic rings. The SMILES string of the molecule is CC1(C(=O)O)C(O)C2=CC(=O)CC[C@]2(C)[C@@]23OC2C[C@@]2(C)[C@@H](CC[C@]2(O)CCC(=O)O)[C@H]13. The van der Waals surface area contributed by atoms with Gasteiger partial charge in [-0.25, -0.2) is 0 Å². The number of carbonyl (C=O) groups excluding carboxylic acids is 1. The molecule has 176 valence electrons. The summed E-state index contributed by atoms with van der Waals surface area (Å²) in [4.78, 5) is 36.3. The van der Waals surface area contributed by atoms with Crippen LogP contribution in [0.2, 0.25) is 0 Å². The summed E-state index contributed by atoms with van der Waals surface area (Å²) in [6, 6.07) is 0. The Hall–Kier alpha value is -1.77. The second kappa shape index (κ2) is 6.21. The molecule has 0 amide bonds. The van der Waals surface area contributed by atoms with Gasteiger partial charge in [-0.2, -0.15) is 0 Å². The lowest BCUT2D eigenvalue weighted by Gasteiger charge is -2.62. The summed E-state index contributed by atoms with van der Waals surface area (Å²) in [5.74, 6) is -3.06. The molecule has 5 rings (SSSR count). The van der Waals surface area contributed by atoms with Crippen molar-refractivity contribution in [1.82, 2.24) is 0 Å².